The Labute approximate surface area is 150 Å². The Bertz CT molecular complexity index is 542. The van der Waals surface area contributed by atoms with Crippen molar-refractivity contribution < 1.29 is 9.53 Å². The molecule has 8 heteroatoms. The van der Waals surface area contributed by atoms with Crippen molar-refractivity contribution in [1.29, 1.82) is 0 Å². The first-order chi connectivity index (χ1) is 10.1. The van der Waals surface area contributed by atoms with Gasteiger partial charge in [0, 0.05) is 10.6 Å². The van der Waals surface area contributed by atoms with E-state index in [1.54, 1.807) is 11.0 Å². The average molecular weight is 381 g/mol. The number of hydrogen-bond donors (Lipinski definition) is 0. The van der Waals surface area contributed by atoms with Gasteiger partial charge in [-0.2, -0.15) is 0 Å². The molecule has 0 fully saturated rings. The molecule has 0 aromatic carbocycles. The third-order valence-electron chi connectivity index (χ3n) is 2.47. The summed E-state index contributed by atoms with van der Waals surface area (Å²) in [5.74, 6) is 0.422. The van der Waals surface area contributed by atoms with Gasteiger partial charge in [-0.3, -0.25) is 9.69 Å². The molecule has 0 saturated carbocycles. The number of anilines is 1. The minimum absolute atomic E-state index is 0.148. The van der Waals surface area contributed by atoms with Gasteiger partial charge in [-0.25, -0.2) is 4.98 Å². The number of carbonyl (C=O) groups excluding carboxylic acids is 1. The lowest BCUT2D eigenvalue weighted by Gasteiger charge is -2.34. The van der Waals surface area contributed by atoms with Crippen molar-refractivity contribution in [2.24, 2.45) is 0 Å². The van der Waals surface area contributed by atoms with E-state index in [1.807, 2.05) is 27.7 Å². The van der Waals surface area contributed by atoms with Gasteiger partial charge >= 0.3 is 0 Å². The van der Waals surface area contributed by atoms with Crippen LogP contribution in [0.4, 0.5) is 5.82 Å². The molecule has 0 atom stereocenters. The summed E-state index contributed by atoms with van der Waals surface area (Å²) >= 11 is 18.2. The lowest BCUT2D eigenvalue weighted by molar-refractivity contribution is -0.117. The van der Waals surface area contributed by atoms with E-state index in [0.717, 1.165) is 0 Å². The molecular formula is C14H18Cl2N2O2S2. The predicted octanol–water partition coefficient (Wildman–Crippen LogP) is 4.57. The smallest absolute Gasteiger partial charge is 0.239 e. The summed E-state index contributed by atoms with van der Waals surface area (Å²) in [6.45, 7) is 8.05. The van der Waals surface area contributed by atoms with Gasteiger partial charge in [-0.15, -0.1) is 0 Å². The van der Waals surface area contributed by atoms with Crippen LogP contribution in [0.15, 0.2) is 12.1 Å². The molecule has 1 amide bonds. The third kappa shape index (κ3) is 5.91. The minimum Gasteiger partial charge on any atom is -0.479 e. The van der Waals surface area contributed by atoms with Crippen LogP contribution in [0.1, 0.15) is 27.7 Å². The lowest BCUT2D eigenvalue weighted by atomic mass is 10.1. The molecule has 22 heavy (non-hydrogen) atoms. The second kappa shape index (κ2) is 8.34. The fourth-order valence-corrected chi connectivity index (χ4v) is 3.08. The third-order valence-corrected chi connectivity index (χ3v) is 4.10. The first-order valence-corrected chi connectivity index (χ1v) is 8.75. The molecule has 1 aromatic heterocycles. The quantitative estimate of drug-likeness (QED) is 0.564. The summed E-state index contributed by atoms with van der Waals surface area (Å²) in [6, 6.07) is 3.14. The molecule has 0 bridgehead atoms. The van der Waals surface area contributed by atoms with Crippen LogP contribution in [0.2, 0.25) is 10.2 Å². The Hall–Kier alpha value is -0.560. The number of carbonyl (C=O) groups is 1. The molecule has 0 N–H and O–H groups in total. The van der Waals surface area contributed by atoms with Crippen LogP contribution in [-0.2, 0) is 9.53 Å². The number of halogens is 2. The van der Waals surface area contributed by atoms with Gasteiger partial charge in [-0.05, 0) is 52.0 Å². The van der Waals surface area contributed by atoms with E-state index in [2.05, 4.69) is 4.98 Å². The number of thiocarbonyl (C=S) groups is 1. The van der Waals surface area contributed by atoms with Gasteiger partial charge in [0.15, 0.2) is 0 Å². The molecule has 0 spiro atoms. The van der Waals surface area contributed by atoms with E-state index in [-0.39, 0.29) is 16.8 Å². The summed E-state index contributed by atoms with van der Waals surface area (Å²) < 4.78 is 5.52. The van der Waals surface area contributed by atoms with Crippen molar-refractivity contribution in [2.45, 2.75) is 33.2 Å². The summed E-state index contributed by atoms with van der Waals surface area (Å²) in [5.41, 5.74) is -0.480. The summed E-state index contributed by atoms with van der Waals surface area (Å²) in [6.07, 6.45) is 0. The van der Waals surface area contributed by atoms with Gasteiger partial charge in [0.2, 0.25) is 10.3 Å². The zero-order chi connectivity index (χ0) is 16.9. The van der Waals surface area contributed by atoms with Gasteiger partial charge in [0.05, 0.1) is 12.4 Å². The first kappa shape index (κ1) is 19.5. The minimum atomic E-state index is -0.480. The van der Waals surface area contributed by atoms with Crippen molar-refractivity contribution >= 4 is 63.3 Å². The number of pyridine rings is 1. The van der Waals surface area contributed by atoms with Crippen LogP contribution >= 0.6 is 47.2 Å². The number of amides is 1. The normalized spacial score (nSPS) is 11.2. The topological polar surface area (TPSA) is 42.4 Å². The maximum atomic E-state index is 12.6. The van der Waals surface area contributed by atoms with Crippen LogP contribution in [0.3, 0.4) is 0 Å². The number of rotatable bonds is 4. The lowest BCUT2D eigenvalue weighted by Crippen LogP contribution is -2.47. The van der Waals surface area contributed by atoms with E-state index >= 15 is 0 Å². The summed E-state index contributed by atoms with van der Waals surface area (Å²) in [5, 5.41) is 0.664. The Morgan fingerprint density at radius 2 is 2.05 bits per heavy atom. The highest BCUT2D eigenvalue weighted by Gasteiger charge is 2.29. The Morgan fingerprint density at radius 3 is 2.55 bits per heavy atom. The molecule has 0 aliphatic rings. The van der Waals surface area contributed by atoms with Crippen molar-refractivity contribution in [3.63, 3.8) is 0 Å². The molecule has 122 valence electrons. The number of ether oxygens (including phenoxy) is 1. The molecule has 1 aromatic rings. The maximum absolute atomic E-state index is 12.6. The van der Waals surface area contributed by atoms with Crippen LogP contribution in [0.25, 0.3) is 0 Å². The Balaban J connectivity index is 2.99. The molecule has 1 rings (SSSR count). The second-order valence-electron chi connectivity index (χ2n) is 5.34. The fourth-order valence-electron chi connectivity index (χ4n) is 1.76. The molecular weight excluding hydrogens is 363 g/mol. The molecule has 0 saturated heterocycles. The first-order valence-electron chi connectivity index (χ1n) is 6.61. The van der Waals surface area contributed by atoms with Gasteiger partial charge in [-0.1, -0.05) is 35.0 Å². The van der Waals surface area contributed by atoms with E-state index in [0.29, 0.717) is 21.8 Å². The van der Waals surface area contributed by atoms with E-state index < -0.39 is 5.54 Å². The molecule has 0 unspecified atom stereocenters. The highest BCUT2D eigenvalue weighted by atomic mass is 35.5. The predicted molar refractivity (Wildman–Crippen MR) is 98.2 cm³/mol. The number of hydrogen-bond acceptors (Lipinski definition) is 5. The zero-order valence-electron chi connectivity index (χ0n) is 12.9. The standard InChI is InChI=1S/C14H18Cl2N2O2S2/c1-5-20-13(21)22-8-12(19)18(14(2,3)4)11-7-9(15)6-10(16)17-11/h6-7H,5,8H2,1-4H3. The number of aromatic nitrogens is 1. The Morgan fingerprint density at radius 1 is 1.41 bits per heavy atom. The highest BCUT2D eigenvalue weighted by Crippen LogP contribution is 2.28. The maximum Gasteiger partial charge on any atom is 0.239 e. The van der Waals surface area contributed by atoms with E-state index in [4.69, 9.17) is 40.2 Å². The molecule has 0 radical (unpaired) electrons. The second-order valence-corrected chi connectivity index (χ2v) is 7.74. The monoisotopic (exact) mass is 380 g/mol. The summed E-state index contributed by atoms with van der Waals surface area (Å²) in [4.78, 5) is 18.3. The molecule has 4 nitrogen and oxygen atoms in total. The van der Waals surface area contributed by atoms with Gasteiger partial charge in [0.1, 0.15) is 11.0 Å². The van der Waals surface area contributed by atoms with E-state index in [9.17, 15) is 4.79 Å². The molecule has 1 heterocycles. The van der Waals surface area contributed by atoms with Crippen molar-refractivity contribution in [3.8, 4) is 0 Å². The van der Waals surface area contributed by atoms with Gasteiger partial charge in [0.25, 0.3) is 0 Å². The van der Waals surface area contributed by atoms with Crippen LogP contribution in [0.5, 0.6) is 0 Å². The number of nitrogens with zero attached hydrogens (tertiary/aromatic N) is 2. The van der Waals surface area contributed by atoms with Gasteiger partial charge < -0.3 is 4.74 Å². The largest absolute Gasteiger partial charge is 0.479 e. The summed E-state index contributed by atoms with van der Waals surface area (Å²) in [7, 11) is 0. The highest BCUT2D eigenvalue weighted by molar-refractivity contribution is 8.23. The molecule has 0 aliphatic heterocycles. The van der Waals surface area contributed by atoms with Crippen LogP contribution < -0.4 is 4.90 Å². The SMILES string of the molecule is CCOC(=S)SCC(=O)N(c1cc(Cl)cc(Cl)n1)C(C)(C)C. The van der Waals surface area contributed by atoms with Crippen molar-refractivity contribution in [2.75, 3.05) is 17.3 Å². The average Bonchev–Trinajstić information content (AvgIpc) is 2.34. The van der Waals surface area contributed by atoms with Crippen LogP contribution in [0, 0.1) is 0 Å². The molecule has 0 aliphatic carbocycles. The van der Waals surface area contributed by atoms with Crippen LogP contribution in [-0.4, -0.2) is 33.2 Å². The fraction of sp³-hybridized carbons (Fsp3) is 0.500. The van der Waals surface area contributed by atoms with Crippen molar-refractivity contribution in [1.82, 2.24) is 4.98 Å². The van der Waals surface area contributed by atoms with Crippen molar-refractivity contribution in [3.05, 3.63) is 22.3 Å². The Kier molecular flexibility index (Phi) is 7.38. The zero-order valence-corrected chi connectivity index (χ0v) is 16.0. The van der Waals surface area contributed by atoms with E-state index in [1.165, 1.54) is 17.8 Å². The number of thioether (sulfide) groups is 1.